The molecule has 172 valence electrons. The van der Waals surface area contributed by atoms with Gasteiger partial charge < -0.3 is 14.7 Å². The molecule has 0 spiro atoms. The molecule has 0 unspecified atom stereocenters. The molecule has 1 aromatic heterocycles. The van der Waals surface area contributed by atoms with E-state index in [-0.39, 0.29) is 44.7 Å². The van der Waals surface area contributed by atoms with Crippen molar-refractivity contribution in [3.63, 3.8) is 0 Å². The first-order valence-corrected chi connectivity index (χ1v) is 9.07. The summed E-state index contributed by atoms with van der Waals surface area (Å²) in [5, 5.41) is 37.6. The molecule has 15 heteroatoms. The highest BCUT2D eigenvalue weighted by atomic mass is 16.8. The summed E-state index contributed by atoms with van der Waals surface area (Å²) >= 11 is 0. The van der Waals surface area contributed by atoms with Crippen molar-refractivity contribution >= 4 is 23.0 Å². The van der Waals surface area contributed by atoms with Crippen molar-refractivity contribution in [3.05, 3.63) is 67.5 Å². The SMILES string of the molecule is COc1cc(-c2no[n+]([O-])c2C)c([N+](=O)[O-])cc1OCC(=O)NNc1ccccc1[N+](=O)[O-]. The zero-order valence-electron chi connectivity index (χ0n) is 17.1. The number of anilines is 1. The fourth-order valence-corrected chi connectivity index (χ4v) is 2.75. The van der Waals surface area contributed by atoms with Gasteiger partial charge in [-0.15, -0.1) is 0 Å². The molecule has 0 aliphatic rings. The quantitative estimate of drug-likeness (QED) is 0.267. The first kappa shape index (κ1) is 22.7. The summed E-state index contributed by atoms with van der Waals surface area (Å²) in [4.78, 5) is 33.5. The average molecular weight is 460 g/mol. The van der Waals surface area contributed by atoms with Gasteiger partial charge in [0.05, 0.1) is 23.0 Å². The third kappa shape index (κ3) is 4.87. The van der Waals surface area contributed by atoms with Crippen LogP contribution in [0.25, 0.3) is 11.3 Å². The molecule has 2 aromatic carbocycles. The number of ether oxygens (including phenoxy) is 2. The van der Waals surface area contributed by atoms with Gasteiger partial charge in [-0.05, 0) is 11.0 Å². The van der Waals surface area contributed by atoms with Crippen molar-refractivity contribution in [1.29, 1.82) is 0 Å². The molecule has 15 nitrogen and oxygen atoms in total. The number of benzene rings is 2. The molecule has 1 amide bonds. The van der Waals surface area contributed by atoms with Crippen LogP contribution in [0.1, 0.15) is 5.69 Å². The highest BCUT2D eigenvalue weighted by Crippen LogP contribution is 2.40. The van der Waals surface area contributed by atoms with Gasteiger partial charge in [-0.2, -0.15) is 0 Å². The van der Waals surface area contributed by atoms with E-state index >= 15 is 0 Å². The Bertz CT molecular complexity index is 1230. The second-order valence-corrected chi connectivity index (χ2v) is 6.38. The van der Waals surface area contributed by atoms with Gasteiger partial charge in [0.1, 0.15) is 11.3 Å². The molecule has 2 N–H and O–H groups in total. The number of para-hydroxylation sites is 2. The lowest BCUT2D eigenvalue weighted by Gasteiger charge is -2.12. The molecule has 3 aromatic rings. The lowest BCUT2D eigenvalue weighted by atomic mass is 10.1. The summed E-state index contributed by atoms with van der Waals surface area (Å²) in [7, 11) is 1.28. The molecule has 0 atom stereocenters. The maximum atomic E-state index is 12.1. The van der Waals surface area contributed by atoms with E-state index in [1.807, 2.05) is 0 Å². The number of carbonyl (C=O) groups is 1. The monoisotopic (exact) mass is 460 g/mol. The number of hydrazine groups is 1. The number of hydrogen-bond donors (Lipinski definition) is 2. The van der Waals surface area contributed by atoms with E-state index in [0.29, 0.717) is 0 Å². The normalized spacial score (nSPS) is 10.4. The zero-order valence-corrected chi connectivity index (χ0v) is 17.1. The van der Waals surface area contributed by atoms with Gasteiger partial charge in [-0.1, -0.05) is 12.1 Å². The topological polar surface area (TPSA) is 199 Å². The van der Waals surface area contributed by atoms with E-state index in [1.54, 1.807) is 0 Å². The van der Waals surface area contributed by atoms with Gasteiger partial charge in [-0.3, -0.25) is 40.5 Å². The lowest BCUT2D eigenvalue weighted by Crippen LogP contribution is -2.33. The van der Waals surface area contributed by atoms with E-state index in [2.05, 4.69) is 20.6 Å². The second kappa shape index (κ2) is 9.46. The first-order valence-electron chi connectivity index (χ1n) is 9.07. The fourth-order valence-electron chi connectivity index (χ4n) is 2.75. The average Bonchev–Trinajstić information content (AvgIpc) is 3.13. The number of aromatic nitrogens is 2. The van der Waals surface area contributed by atoms with E-state index in [1.165, 1.54) is 44.4 Å². The molecule has 0 aliphatic carbocycles. The number of amides is 1. The van der Waals surface area contributed by atoms with Gasteiger partial charge >= 0.3 is 0 Å². The van der Waals surface area contributed by atoms with Gasteiger partial charge in [-0.25, -0.2) is 0 Å². The molecule has 0 aliphatic heterocycles. The number of rotatable bonds is 9. The molecular formula is C18H16N6O9. The van der Waals surface area contributed by atoms with Crippen LogP contribution in [0.4, 0.5) is 17.1 Å². The number of hydrogen-bond acceptors (Lipinski definition) is 11. The van der Waals surface area contributed by atoms with Gasteiger partial charge in [0.25, 0.3) is 23.0 Å². The van der Waals surface area contributed by atoms with Crippen molar-refractivity contribution in [1.82, 2.24) is 10.6 Å². The Balaban J connectivity index is 1.77. The van der Waals surface area contributed by atoms with E-state index in [9.17, 15) is 30.2 Å². The van der Waals surface area contributed by atoms with Crippen LogP contribution in [0.3, 0.4) is 0 Å². The van der Waals surface area contributed by atoms with Crippen LogP contribution in [0.5, 0.6) is 11.5 Å². The van der Waals surface area contributed by atoms with E-state index in [0.717, 1.165) is 6.07 Å². The summed E-state index contributed by atoms with van der Waals surface area (Å²) in [5.74, 6) is -0.846. The number of nitrogens with zero attached hydrogens (tertiary/aromatic N) is 4. The van der Waals surface area contributed by atoms with Crippen molar-refractivity contribution in [3.8, 4) is 22.8 Å². The predicted molar refractivity (Wildman–Crippen MR) is 109 cm³/mol. The summed E-state index contributed by atoms with van der Waals surface area (Å²) in [6, 6.07) is 7.88. The van der Waals surface area contributed by atoms with Crippen LogP contribution < -0.4 is 25.2 Å². The van der Waals surface area contributed by atoms with Crippen LogP contribution >= 0.6 is 0 Å². The minimum Gasteiger partial charge on any atom is -0.493 e. The fraction of sp³-hybridized carbons (Fsp3) is 0.167. The van der Waals surface area contributed by atoms with Gasteiger partial charge in [0.15, 0.2) is 18.1 Å². The number of carbonyl (C=O) groups excluding carboxylic acids is 1. The first-order chi connectivity index (χ1) is 15.7. The lowest BCUT2D eigenvalue weighted by molar-refractivity contribution is -0.806. The Morgan fingerprint density at radius 1 is 1.15 bits per heavy atom. The highest BCUT2D eigenvalue weighted by molar-refractivity contribution is 5.80. The molecule has 33 heavy (non-hydrogen) atoms. The third-order valence-electron chi connectivity index (χ3n) is 4.35. The largest absolute Gasteiger partial charge is 0.493 e. The molecular weight excluding hydrogens is 444 g/mol. The maximum Gasteiger partial charge on any atom is 0.294 e. The number of methoxy groups -OCH3 is 1. The van der Waals surface area contributed by atoms with E-state index < -0.39 is 28.0 Å². The van der Waals surface area contributed by atoms with E-state index in [4.69, 9.17) is 9.47 Å². The molecule has 1 heterocycles. The minimum absolute atomic E-state index is 0.00530. The molecule has 0 saturated heterocycles. The summed E-state index contributed by atoms with van der Waals surface area (Å²) in [6.45, 7) is 0.762. The predicted octanol–water partition coefficient (Wildman–Crippen LogP) is 1.63. The van der Waals surface area contributed by atoms with Gasteiger partial charge in [0.2, 0.25) is 5.69 Å². The van der Waals surface area contributed by atoms with Crippen molar-refractivity contribution in [2.24, 2.45) is 0 Å². The molecule has 3 rings (SSSR count). The number of nitrogens with one attached hydrogen (secondary N) is 2. The maximum absolute atomic E-state index is 12.1. The standard InChI is InChI=1S/C18H16N6O9/c1-10-18(21-33-24(10)30)11-7-15(31-2)16(8-14(11)23(28)29)32-9-17(25)20-19-12-5-3-4-6-13(12)22(26)27/h3-8,19H,9H2,1-2H3,(H,20,25). The van der Waals surface area contributed by atoms with Crippen LogP contribution in [0.2, 0.25) is 0 Å². The second-order valence-electron chi connectivity index (χ2n) is 6.38. The van der Waals surface area contributed by atoms with Crippen molar-refractivity contribution < 1.29 is 33.6 Å². The Morgan fingerprint density at radius 3 is 2.45 bits per heavy atom. The Morgan fingerprint density at radius 2 is 1.85 bits per heavy atom. The summed E-state index contributed by atoms with van der Waals surface area (Å²) in [5.41, 5.74) is 3.85. The summed E-state index contributed by atoms with van der Waals surface area (Å²) in [6.07, 6.45) is 0. The Kier molecular flexibility index (Phi) is 6.52. The van der Waals surface area contributed by atoms with Crippen molar-refractivity contribution in [2.75, 3.05) is 19.1 Å². The van der Waals surface area contributed by atoms with Crippen LogP contribution in [-0.4, -0.2) is 34.6 Å². The van der Waals surface area contributed by atoms with Crippen molar-refractivity contribution in [2.45, 2.75) is 6.92 Å². The Labute approximate surface area is 184 Å². The molecule has 0 saturated carbocycles. The Hall–Kier alpha value is -4.95. The van der Waals surface area contributed by atoms with Gasteiger partial charge in [0, 0.05) is 24.2 Å². The van der Waals surface area contributed by atoms with Crippen LogP contribution in [-0.2, 0) is 4.79 Å². The zero-order chi connectivity index (χ0) is 24.1. The molecule has 0 radical (unpaired) electrons. The smallest absolute Gasteiger partial charge is 0.294 e. The highest BCUT2D eigenvalue weighted by Gasteiger charge is 2.29. The van der Waals surface area contributed by atoms with Crippen LogP contribution in [0, 0.1) is 32.4 Å². The number of nitro groups is 2. The minimum atomic E-state index is -0.735. The summed E-state index contributed by atoms with van der Waals surface area (Å²) < 4.78 is 15.0. The molecule has 0 bridgehead atoms. The molecule has 0 fully saturated rings. The number of nitro benzene ring substituents is 2. The van der Waals surface area contributed by atoms with Crippen LogP contribution in [0.15, 0.2) is 41.0 Å². The third-order valence-corrected chi connectivity index (χ3v) is 4.35.